The first-order valence-corrected chi connectivity index (χ1v) is 7.54. The summed E-state index contributed by atoms with van der Waals surface area (Å²) in [6.07, 6.45) is -4.44. The topological polar surface area (TPSA) is 78.0 Å². The minimum Gasteiger partial charge on any atom is -0.366 e. The summed E-state index contributed by atoms with van der Waals surface area (Å²) in [6.45, 7) is 3.64. The summed E-state index contributed by atoms with van der Waals surface area (Å²) in [5.41, 5.74) is 3.71. The van der Waals surface area contributed by atoms with Gasteiger partial charge in [-0.2, -0.15) is 18.3 Å². The number of amides is 1. The van der Waals surface area contributed by atoms with Crippen molar-refractivity contribution >= 4 is 11.7 Å². The molecule has 8 heteroatoms. The van der Waals surface area contributed by atoms with E-state index < -0.39 is 29.0 Å². The van der Waals surface area contributed by atoms with Crippen LogP contribution in [0.5, 0.6) is 0 Å². The average molecular weight is 350 g/mol. The highest BCUT2D eigenvalue weighted by Crippen LogP contribution is 2.41. The minimum absolute atomic E-state index is 0.0269. The largest absolute Gasteiger partial charge is 0.435 e. The summed E-state index contributed by atoms with van der Waals surface area (Å²) < 4.78 is 41.1. The lowest BCUT2D eigenvalue weighted by molar-refractivity contribution is -0.141. The second-order valence-electron chi connectivity index (χ2n) is 6.85. The summed E-state index contributed by atoms with van der Waals surface area (Å²) >= 11 is 0. The van der Waals surface area contributed by atoms with Crippen molar-refractivity contribution in [1.82, 2.24) is 9.78 Å². The van der Waals surface area contributed by atoms with Crippen molar-refractivity contribution in [3.8, 4) is 5.69 Å². The highest BCUT2D eigenvalue weighted by molar-refractivity contribution is 6.00. The molecular weight excluding hydrogens is 335 g/mol. The number of alkyl halides is 3. The van der Waals surface area contributed by atoms with Crippen LogP contribution in [0.15, 0.2) is 18.2 Å². The highest BCUT2D eigenvalue weighted by Gasteiger charge is 2.45. The van der Waals surface area contributed by atoms with Gasteiger partial charge in [0, 0.05) is 18.1 Å². The molecule has 0 unspecified atom stereocenters. The Bertz CT molecular complexity index is 864. The second kappa shape index (κ2) is 5.44. The molecule has 0 fully saturated rings. The molecule has 25 heavy (non-hydrogen) atoms. The molecule has 1 amide bonds. The number of carbonyl (C=O) groups excluding carboxylic acids is 2. The zero-order chi connectivity index (χ0) is 18.6. The Morgan fingerprint density at radius 3 is 2.52 bits per heavy atom. The lowest BCUT2D eigenvalue weighted by atomic mass is 9.75. The number of hydrogen-bond acceptors (Lipinski definition) is 3. The standard InChI is InChI=1S/C17H15F3N3O2/c1-16(2)7-11-13(12(24)8-16)14(17(18,19)20)22-23(11)10-5-3-9(4-6-10)15(21)25/h3-5H,7-8H2,1-2H3,(H2,21,25). The van der Waals surface area contributed by atoms with Gasteiger partial charge in [0.25, 0.3) is 0 Å². The van der Waals surface area contributed by atoms with Crippen LogP contribution in [-0.2, 0) is 12.6 Å². The van der Waals surface area contributed by atoms with Crippen LogP contribution >= 0.6 is 0 Å². The Morgan fingerprint density at radius 2 is 2.00 bits per heavy atom. The number of carbonyl (C=O) groups is 2. The number of fused-ring (bicyclic) bond motifs is 1. The zero-order valence-corrected chi connectivity index (χ0v) is 13.6. The van der Waals surface area contributed by atoms with Gasteiger partial charge < -0.3 is 5.73 Å². The van der Waals surface area contributed by atoms with Gasteiger partial charge in [-0.1, -0.05) is 13.8 Å². The number of rotatable bonds is 2. The quantitative estimate of drug-likeness (QED) is 0.904. The number of nitrogens with zero attached hydrogens (tertiary/aromatic N) is 2. The van der Waals surface area contributed by atoms with E-state index in [1.165, 1.54) is 18.2 Å². The number of benzene rings is 1. The third-order valence-electron chi connectivity index (χ3n) is 4.12. The molecule has 1 radical (unpaired) electrons. The van der Waals surface area contributed by atoms with E-state index in [-0.39, 0.29) is 35.3 Å². The number of aromatic nitrogens is 2. The maximum absolute atomic E-state index is 13.3. The number of nitrogens with two attached hydrogens (primary N) is 1. The molecule has 1 aromatic heterocycles. The van der Waals surface area contributed by atoms with Crippen LogP contribution in [-0.4, -0.2) is 21.5 Å². The van der Waals surface area contributed by atoms with Crippen molar-refractivity contribution in [1.29, 1.82) is 0 Å². The first kappa shape index (κ1) is 17.2. The molecule has 0 saturated heterocycles. The van der Waals surface area contributed by atoms with Crippen LogP contribution in [0, 0.1) is 11.5 Å². The first-order valence-electron chi connectivity index (χ1n) is 7.54. The van der Waals surface area contributed by atoms with Crippen molar-refractivity contribution in [3.05, 3.63) is 46.8 Å². The molecule has 0 aliphatic heterocycles. The van der Waals surface area contributed by atoms with Crippen LogP contribution in [0.4, 0.5) is 13.2 Å². The first-order chi connectivity index (χ1) is 11.5. The molecule has 2 N–H and O–H groups in total. The van der Waals surface area contributed by atoms with Gasteiger partial charge in [0.1, 0.15) is 0 Å². The Kier molecular flexibility index (Phi) is 3.74. The van der Waals surface area contributed by atoms with Crippen LogP contribution in [0.3, 0.4) is 0 Å². The van der Waals surface area contributed by atoms with Gasteiger partial charge in [0.05, 0.1) is 16.9 Å². The van der Waals surface area contributed by atoms with Gasteiger partial charge >= 0.3 is 6.18 Å². The molecule has 131 valence electrons. The van der Waals surface area contributed by atoms with Crippen molar-refractivity contribution in [2.75, 3.05) is 0 Å². The molecule has 1 aliphatic rings. The van der Waals surface area contributed by atoms with E-state index in [1.54, 1.807) is 0 Å². The molecule has 1 aromatic carbocycles. The van der Waals surface area contributed by atoms with E-state index in [0.29, 0.717) is 0 Å². The van der Waals surface area contributed by atoms with Gasteiger partial charge in [0.15, 0.2) is 11.5 Å². The predicted octanol–water partition coefficient (Wildman–Crippen LogP) is 2.95. The van der Waals surface area contributed by atoms with E-state index >= 15 is 0 Å². The number of Topliss-reactive ketones (excluding diaryl/α,β-unsaturated/α-hetero) is 1. The van der Waals surface area contributed by atoms with Crippen LogP contribution < -0.4 is 5.73 Å². The van der Waals surface area contributed by atoms with E-state index in [4.69, 9.17) is 5.73 Å². The Hall–Kier alpha value is -2.64. The van der Waals surface area contributed by atoms with E-state index in [0.717, 1.165) is 4.68 Å². The molecule has 0 spiro atoms. The predicted molar refractivity (Wildman–Crippen MR) is 82.4 cm³/mol. The number of ketones is 1. The third-order valence-corrected chi connectivity index (χ3v) is 4.12. The van der Waals surface area contributed by atoms with Crippen LogP contribution in [0.2, 0.25) is 0 Å². The van der Waals surface area contributed by atoms with Crippen molar-refractivity contribution in [3.63, 3.8) is 0 Å². The lowest BCUT2D eigenvalue weighted by Crippen LogP contribution is -2.29. The Labute approximate surface area is 141 Å². The normalized spacial score (nSPS) is 16.6. The van der Waals surface area contributed by atoms with E-state index in [1.807, 2.05) is 13.8 Å². The molecule has 0 saturated carbocycles. The fourth-order valence-corrected chi connectivity index (χ4v) is 3.05. The fourth-order valence-electron chi connectivity index (χ4n) is 3.05. The fraction of sp³-hybridized carbons (Fsp3) is 0.353. The van der Waals surface area contributed by atoms with Crippen molar-refractivity contribution in [2.45, 2.75) is 32.9 Å². The van der Waals surface area contributed by atoms with Crippen molar-refractivity contribution < 1.29 is 22.8 Å². The molecule has 0 atom stereocenters. The van der Waals surface area contributed by atoms with Crippen LogP contribution in [0.1, 0.15) is 52.4 Å². The highest BCUT2D eigenvalue weighted by atomic mass is 19.4. The SMILES string of the molecule is CC1(C)CC(=O)c2c(C(F)(F)F)nn(-c3[c]cc(C(N)=O)cc3)c2C1. The summed E-state index contributed by atoms with van der Waals surface area (Å²) in [4.78, 5) is 23.5. The van der Waals surface area contributed by atoms with Gasteiger partial charge in [-0.05, 0) is 30.0 Å². The van der Waals surface area contributed by atoms with Crippen LogP contribution in [0.25, 0.3) is 5.69 Å². The van der Waals surface area contributed by atoms with Gasteiger partial charge in [-0.15, -0.1) is 0 Å². The van der Waals surface area contributed by atoms with E-state index in [9.17, 15) is 22.8 Å². The monoisotopic (exact) mass is 350 g/mol. The van der Waals surface area contributed by atoms with Gasteiger partial charge in [-0.25, -0.2) is 4.68 Å². The molecule has 0 bridgehead atoms. The smallest absolute Gasteiger partial charge is 0.366 e. The van der Waals surface area contributed by atoms with Gasteiger partial charge in [0.2, 0.25) is 5.91 Å². The second-order valence-corrected chi connectivity index (χ2v) is 6.85. The maximum Gasteiger partial charge on any atom is 0.435 e. The number of hydrogen-bond donors (Lipinski definition) is 1. The number of primary amides is 1. The summed E-state index contributed by atoms with van der Waals surface area (Å²) in [5.74, 6) is -1.24. The minimum atomic E-state index is -4.74. The molecule has 1 aliphatic carbocycles. The molecule has 5 nitrogen and oxygen atoms in total. The molecular formula is C17H15F3N3O2. The van der Waals surface area contributed by atoms with E-state index in [2.05, 4.69) is 11.2 Å². The number of halogens is 3. The summed E-state index contributed by atoms with van der Waals surface area (Å²) in [6, 6.07) is 6.78. The summed E-state index contributed by atoms with van der Waals surface area (Å²) in [5, 5.41) is 3.65. The lowest BCUT2D eigenvalue weighted by Gasteiger charge is -2.29. The summed E-state index contributed by atoms with van der Waals surface area (Å²) in [7, 11) is 0. The Balaban J connectivity index is 2.21. The maximum atomic E-state index is 13.3. The molecule has 2 aromatic rings. The third kappa shape index (κ3) is 3.04. The van der Waals surface area contributed by atoms with Crippen molar-refractivity contribution in [2.24, 2.45) is 11.1 Å². The zero-order valence-electron chi connectivity index (χ0n) is 13.6. The average Bonchev–Trinajstić information content (AvgIpc) is 2.85. The molecule has 3 rings (SSSR count). The Morgan fingerprint density at radius 1 is 1.32 bits per heavy atom. The molecule has 1 heterocycles. The van der Waals surface area contributed by atoms with Gasteiger partial charge in [-0.3, -0.25) is 9.59 Å².